The minimum Gasteiger partial charge on any atom is -0.451 e. The van der Waals surface area contributed by atoms with Crippen LogP contribution in [0.2, 0.25) is 0 Å². The smallest absolute Gasteiger partial charge is 0.326 e. The van der Waals surface area contributed by atoms with E-state index in [2.05, 4.69) is 10.2 Å². The lowest BCUT2D eigenvalue weighted by Crippen LogP contribution is -2.36. The molecule has 0 spiro atoms. The van der Waals surface area contributed by atoms with Gasteiger partial charge in [-0.2, -0.15) is 0 Å². The molecule has 8 heteroatoms. The van der Waals surface area contributed by atoms with Crippen molar-refractivity contribution in [3.8, 4) is 11.5 Å². The van der Waals surface area contributed by atoms with Gasteiger partial charge in [0.15, 0.2) is 6.10 Å². The number of carbonyl (C=O) groups excluding carboxylic acids is 3. The maximum absolute atomic E-state index is 12.3. The number of benzene rings is 2. The van der Waals surface area contributed by atoms with Gasteiger partial charge in [-0.05, 0) is 31.2 Å². The predicted octanol–water partition coefficient (Wildman–Crippen LogP) is 2.64. The number of fused-ring (bicyclic) bond motifs is 1. The van der Waals surface area contributed by atoms with Crippen molar-refractivity contribution in [2.45, 2.75) is 13.0 Å². The molecular formula is C20H15N3O5. The summed E-state index contributed by atoms with van der Waals surface area (Å²) in [7, 11) is 0. The van der Waals surface area contributed by atoms with E-state index in [-0.39, 0.29) is 17.0 Å². The Balaban J connectivity index is 1.41. The quantitative estimate of drug-likeness (QED) is 0.497. The molecule has 2 heterocycles. The maximum atomic E-state index is 12.3. The van der Waals surface area contributed by atoms with Gasteiger partial charge in [0.2, 0.25) is 5.89 Å². The summed E-state index contributed by atoms with van der Waals surface area (Å²) in [5, 5.41) is 7.84. The van der Waals surface area contributed by atoms with Crippen LogP contribution in [-0.2, 0) is 9.53 Å². The fourth-order valence-corrected chi connectivity index (χ4v) is 2.89. The molecule has 0 fully saturated rings. The van der Waals surface area contributed by atoms with Crippen LogP contribution in [0.5, 0.6) is 0 Å². The lowest BCUT2D eigenvalue weighted by atomic mass is 10.1. The minimum absolute atomic E-state index is 0.120. The molecule has 140 valence electrons. The third-order valence-corrected chi connectivity index (χ3v) is 4.28. The fourth-order valence-electron chi connectivity index (χ4n) is 2.89. The number of hydrogen-bond acceptors (Lipinski definition) is 7. The molecule has 2 aromatic carbocycles. The van der Waals surface area contributed by atoms with Crippen molar-refractivity contribution < 1.29 is 23.5 Å². The van der Waals surface area contributed by atoms with Crippen LogP contribution in [0, 0.1) is 0 Å². The number of amides is 2. The van der Waals surface area contributed by atoms with Crippen LogP contribution in [0.3, 0.4) is 0 Å². The number of ether oxygens (including phenoxy) is 1. The van der Waals surface area contributed by atoms with E-state index in [1.54, 1.807) is 31.2 Å². The number of imide groups is 1. The van der Waals surface area contributed by atoms with Gasteiger partial charge in [-0.3, -0.25) is 19.3 Å². The van der Waals surface area contributed by atoms with E-state index >= 15 is 0 Å². The van der Waals surface area contributed by atoms with Crippen molar-refractivity contribution in [3.05, 3.63) is 71.6 Å². The van der Waals surface area contributed by atoms with Crippen LogP contribution < -0.4 is 0 Å². The highest BCUT2D eigenvalue weighted by Crippen LogP contribution is 2.24. The zero-order valence-corrected chi connectivity index (χ0v) is 14.9. The molecule has 0 saturated carbocycles. The van der Waals surface area contributed by atoms with Gasteiger partial charge >= 0.3 is 5.97 Å². The highest BCUT2D eigenvalue weighted by molar-refractivity contribution is 6.22. The summed E-state index contributed by atoms with van der Waals surface area (Å²) in [5.41, 5.74) is 1.29. The molecular weight excluding hydrogens is 362 g/mol. The third-order valence-electron chi connectivity index (χ3n) is 4.28. The summed E-state index contributed by atoms with van der Waals surface area (Å²) in [6.07, 6.45) is -0.826. The molecule has 1 aliphatic rings. The number of rotatable bonds is 5. The minimum atomic E-state index is -0.826. The zero-order chi connectivity index (χ0) is 19.7. The zero-order valence-electron chi connectivity index (χ0n) is 14.9. The number of aromatic nitrogens is 2. The molecule has 0 bridgehead atoms. The third kappa shape index (κ3) is 3.16. The molecule has 1 atom stereocenters. The molecule has 0 aliphatic carbocycles. The van der Waals surface area contributed by atoms with Gasteiger partial charge in [-0.15, -0.1) is 10.2 Å². The first kappa shape index (κ1) is 17.6. The van der Waals surface area contributed by atoms with Crippen molar-refractivity contribution >= 4 is 17.8 Å². The molecule has 2 amide bonds. The van der Waals surface area contributed by atoms with Crippen LogP contribution in [0.1, 0.15) is 39.6 Å². The molecule has 3 aromatic rings. The summed E-state index contributed by atoms with van der Waals surface area (Å²) in [6, 6.07) is 15.6. The fraction of sp³-hybridized carbons (Fsp3) is 0.150. The molecule has 1 unspecified atom stereocenters. The summed E-state index contributed by atoms with van der Waals surface area (Å²) >= 11 is 0. The van der Waals surface area contributed by atoms with Gasteiger partial charge in [0.05, 0.1) is 11.1 Å². The highest BCUT2D eigenvalue weighted by Gasteiger charge is 2.37. The topological polar surface area (TPSA) is 103 Å². The van der Waals surface area contributed by atoms with Crippen LogP contribution >= 0.6 is 0 Å². The average Bonchev–Trinajstić information content (AvgIpc) is 3.29. The van der Waals surface area contributed by atoms with Crippen molar-refractivity contribution in [2.75, 3.05) is 6.54 Å². The Morgan fingerprint density at radius 1 is 1.00 bits per heavy atom. The normalized spacial score (nSPS) is 14.1. The van der Waals surface area contributed by atoms with Crippen LogP contribution in [-0.4, -0.2) is 39.4 Å². The van der Waals surface area contributed by atoms with E-state index in [0.29, 0.717) is 5.89 Å². The standard InChI is InChI=1S/C20H15N3O5/c1-12(17-21-22-18(28-17)13-7-3-2-4-8-13)27-16(24)11-23-19(25)14-9-5-6-10-15(14)20(23)26/h2-10,12H,11H2,1H3. The molecule has 0 N–H and O–H groups in total. The summed E-state index contributed by atoms with van der Waals surface area (Å²) in [4.78, 5) is 37.7. The van der Waals surface area contributed by atoms with E-state index < -0.39 is 30.4 Å². The van der Waals surface area contributed by atoms with E-state index in [9.17, 15) is 14.4 Å². The van der Waals surface area contributed by atoms with E-state index in [4.69, 9.17) is 9.15 Å². The molecule has 28 heavy (non-hydrogen) atoms. The van der Waals surface area contributed by atoms with Gasteiger partial charge in [0, 0.05) is 5.56 Å². The highest BCUT2D eigenvalue weighted by atomic mass is 16.6. The monoisotopic (exact) mass is 377 g/mol. The first-order chi connectivity index (χ1) is 13.5. The van der Waals surface area contributed by atoms with Gasteiger partial charge in [-0.25, -0.2) is 0 Å². The second-order valence-electron chi connectivity index (χ2n) is 6.19. The van der Waals surface area contributed by atoms with Gasteiger partial charge < -0.3 is 9.15 Å². The first-order valence-electron chi connectivity index (χ1n) is 8.58. The summed E-state index contributed by atoms with van der Waals surface area (Å²) in [5.74, 6) is -1.36. The van der Waals surface area contributed by atoms with Crippen molar-refractivity contribution in [2.24, 2.45) is 0 Å². The van der Waals surface area contributed by atoms with Gasteiger partial charge in [-0.1, -0.05) is 30.3 Å². The summed E-state index contributed by atoms with van der Waals surface area (Å²) in [6.45, 7) is 1.08. The Morgan fingerprint density at radius 3 is 2.25 bits per heavy atom. The van der Waals surface area contributed by atoms with Crippen LogP contribution in [0.25, 0.3) is 11.5 Å². The second-order valence-corrected chi connectivity index (χ2v) is 6.19. The Kier molecular flexibility index (Phi) is 4.44. The van der Waals surface area contributed by atoms with Crippen molar-refractivity contribution in [1.82, 2.24) is 15.1 Å². The molecule has 0 radical (unpaired) electrons. The van der Waals surface area contributed by atoms with Crippen molar-refractivity contribution in [3.63, 3.8) is 0 Å². The molecule has 8 nitrogen and oxygen atoms in total. The average molecular weight is 377 g/mol. The Hall–Kier alpha value is -3.81. The SMILES string of the molecule is CC(OC(=O)CN1C(=O)c2ccccc2C1=O)c1nnc(-c2ccccc2)o1. The number of nitrogens with zero attached hydrogens (tertiary/aromatic N) is 3. The molecule has 0 saturated heterocycles. The lowest BCUT2D eigenvalue weighted by Gasteiger charge is -2.15. The van der Waals surface area contributed by atoms with Gasteiger partial charge in [0.25, 0.3) is 17.7 Å². The van der Waals surface area contributed by atoms with E-state index in [0.717, 1.165) is 10.5 Å². The van der Waals surface area contributed by atoms with E-state index in [1.165, 1.54) is 0 Å². The Labute approximate surface area is 159 Å². The van der Waals surface area contributed by atoms with Gasteiger partial charge in [0.1, 0.15) is 6.54 Å². The van der Waals surface area contributed by atoms with E-state index in [1.807, 2.05) is 30.3 Å². The number of carbonyl (C=O) groups is 3. The number of esters is 1. The maximum Gasteiger partial charge on any atom is 0.326 e. The second kappa shape index (κ2) is 7.07. The lowest BCUT2D eigenvalue weighted by molar-refractivity contribution is -0.149. The molecule has 4 rings (SSSR count). The number of hydrogen-bond donors (Lipinski definition) is 0. The van der Waals surface area contributed by atoms with Crippen LogP contribution in [0.4, 0.5) is 0 Å². The van der Waals surface area contributed by atoms with Crippen LogP contribution in [0.15, 0.2) is 59.0 Å². The largest absolute Gasteiger partial charge is 0.451 e. The Morgan fingerprint density at radius 2 is 1.61 bits per heavy atom. The van der Waals surface area contributed by atoms with Crippen molar-refractivity contribution in [1.29, 1.82) is 0 Å². The summed E-state index contributed by atoms with van der Waals surface area (Å²) < 4.78 is 10.8. The molecule has 1 aromatic heterocycles. The first-order valence-corrected chi connectivity index (χ1v) is 8.58. The Bertz CT molecular complexity index is 1030. The predicted molar refractivity (Wildman–Crippen MR) is 96.0 cm³/mol. The molecule has 1 aliphatic heterocycles.